The van der Waals surface area contributed by atoms with Gasteiger partial charge in [-0.1, -0.05) is 349 Å². The summed E-state index contributed by atoms with van der Waals surface area (Å²) in [7, 11) is 0. The zero-order chi connectivity index (χ0) is 55.5. The average molecular weight is 1070 g/mol. The standard InChI is InChI=1S/C73H133NO3/c1-3-5-7-9-11-13-15-17-19-21-23-25-27-29-30-31-32-33-34-35-36-37-38-39-40-41-42-43-44-45-47-49-51-53-55-57-59-61-63-65-67-69-73(77)74-71(70-75)72(76)68-66-64-62-60-58-56-54-52-50-48-46-28-26-24-22-20-18-16-14-12-10-8-6-4-2/h5,7,11,13,17,19,23,25,50,52,58,60,66,68,71-72,75-76H,3-4,6,8-10,12,14-16,18,20-22,24,26-49,51,53-57,59,61-65,67,69-70H2,1-2H3,(H,74,77)/b7-5-,13-11-,19-17-,25-23-,52-50+,60-58+,68-66+. The SMILES string of the molecule is CC/C=C\C/C=C\C/C=C\C/C=C\CCCCCCCCCCCCCCCCCCCCCCCCCCCCCCC(=O)NC(CO)C(O)/C=C/CC/C=C/CC/C=C/CCCCCCCCCCCCCCCC. The van der Waals surface area contributed by atoms with Gasteiger partial charge in [-0.3, -0.25) is 4.79 Å². The van der Waals surface area contributed by atoms with Gasteiger partial charge in [-0.2, -0.15) is 0 Å². The Bertz CT molecular complexity index is 1360. The first-order valence-electron chi connectivity index (χ1n) is 34.3. The number of nitrogens with one attached hydrogen (secondary N) is 1. The third-order valence-corrected chi connectivity index (χ3v) is 15.6. The van der Waals surface area contributed by atoms with Gasteiger partial charge >= 0.3 is 0 Å². The highest BCUT2D eigenvalue weighted by Gasteiger charge is 2.18. The largest absolute Gasteiger partial charge is 0.394 e. The summed E-state index contributed by atoms with van der Waals surface area (Å²) in [6.45, 7) is 4.21. The number of carbonyl (C=O) groups excluding carboxylic acids is 1. The van der Waals surface area contributed by atoms with Crippen molar-refractivity contribution in [1.82, 2.24) is 5.32 Å². The number of rotatable bonds is 63. The molecule has 0 aliphatic rings. The number of unbranched alkanes of at least 4 members (excludes halogenated alkanes) is 44. The second-order valence-corrected chi connectivity index (χ2v) is 23.2. The Kier molecular flexibility index (Phi) is 65.7. The molecule has 0 saturated carbocycles. The van der Waals surface area contributed by atoms with E-state index in [0.717, 1.165) is 64.2 Å². The zero-order valence-corrected chi connectivity index (χ0v) is 51.7. The normalized spacial score (nSPS) is 13.2. The van der Waals surface area contributed by atoms with Crippen molar-refractivity contribution in [2.24, 2.45) is 0 Å². The van der Waals surface area contributed by atoms with E-state index in [1.807, 2.05) is 6.08 Å². The summed E-state index contributed by atoms with van der Waals surface area (Å²) in [6, 6.07) is -0.648. The van der Waals surface area contributed by atoms with Gasteiger partial charge in [-0.15, -0.1) is 0 Å². The summed E-state index contributed by atoms with van der Waals surface area (Å²) in [5, 5.41) is 23.2. The molecule has 4 heteroatoms. The molecule has 4 nitrogen and oxygen atoms in total. The second-order valence-electron chi connectivity index (χ2n) is 23.2. The number of allylic oxidation sites excluding steroid dienone is 13. The molecule has 0 heterocycles. The molecular formula is C73H133NO3. The van der Waals surface area contributed by atoms with Gasteiger partial charge in [-0.05, 0) is 83.5 Å². The first-order chi connectivity index (χ1) is 38.2. The first-order valence-corrected chi connectivity index (χ1v) is 34.3. The Morgan fingerprint density at radius 3 is 0.909 bits per heavy atom. The molecular weight excluding hydrogens is 939 g/mol. The van der Waals surface area contributed by atoms with Gasteiger partial charge in [0, 0.05) is 6.42 Å². The molecule has 0 fully saturated rings. The Morgan fingerprint density at radius 1 is 0.325 bits per heavy atom. The van der Waals surface area contributed by atoms with Gasteiger partial charge < -0.3 is 15.5 Å². The van der Waals surface area contributed by atoms with Crippen LogP contribution in [0.5, 0.6) is 0 Å². The fraction of sp³-hybridized carbons (Fsp3) is 0.795. The lowest BCUT2D eigenvalue weighted by Crippen LogP contribution is -2.45. The van der Waals surface area contributed by atoms with Crippen LogP contribution in [0.1, 0.15) is 354 Å². The molecule has 0 aromatic heterocycles. The number of hydrogen-bond acceptors (Lipinski definition) is 3. The summed E-state index contributed by atoms with van der Waals surface area (Å²) in [6.07, 6.45) is 99.6. The minimum absolute atomic E-state index is 0.0726. The lowest BCUT2D eigenvalue weighted by Gasteiger charge is -2.19. The third-order valence-electron chi connectivity index (χ3n) is 15.6. The van der Waals surface area contributed by atoms with Gasteiger partial charge in [0.25, 0.3) is 0 Å². The summed E-state index contributed by atoms with van der Waals surface area (Å²) < 4.78 is 0. The van der Waals surface area contributed by atoms with Crippen LogP contribution < -0.4 is 5.32 Å². The van der Waals surface area contributed by atoms with Crippen LogP contribution in [-0.2, 0) is 4.79 Å². The van der Waals surface area contributed by atoms with Crippen molar-refractivity contribution in [3.63, 3.8) is 0 Å². The molecule has 0 aromatic rings. The molecule has 0 aliphatic heterocycles. The maximum Gasteiger partial charge on any atom is 0.220 e. The maximum absolute atomic E-state index is 12.5. The van der Waals surface area contributed by atoms with Gasteiger partial charge in [0.15, 0.2) is 0 Å². The zero-order valence-electron chi connectivity index (χ0n) is 51.7. The number of amides is 1. The number of hydrogen-bond donors (Lipinski definition) is 3. The van der Waals surface area contributed by atoms with Gasteiger partial charge in [0.1, 0.15) is 0 Å². The molecule has 0 aliphatic carbocycles. The molecule has 3 N–H and O–H groups in total. The van der Waals surface area contributed by atoms with Crippen molar-refractivity contribution in [2.75, 3.05) is 6.61 Å². The molecule has 0 aromatic carbocycles. The molecule has 77 heavy (non-hydrogen) atoms. The van der Waals surface area contributed by atoms with Crippen molar-refractivity contribution < 1.29 is 15.0 Å². The van der Waals surface area contributed by atoms with Gasteiger partial charge in [0.2, 0.25) is 5.91 Å². The van der Waals surface area contributed by atoms with E-state index >= 15 is 0 Å². The van der Waals surface area contributed by atoms with Crippen LogP contribution in [0.3, 0.4) is 0 Å². The molecule has 2 atom stereocenters. The van der Waals surface area contributed by atoms with E-state index < -0.39 is 12.1 Å². The van der Waals surface area contributed by atoms with Crippen LogP contribution in [0.25, 0.3) is 0 Å². The monoisotopic (exact) mass is 1070 g/mol. The van der Waals surface area contributed by atoms with Crippen molar-refractivity contribution in [1.29, 1.82) is 0 Å². The first kappa shape index (κ1) is 74.6. The van der Waals surface area contributed by atoms with E-state index in [1.165, 1.54) is 270 Å². The van der Waals surface area contributed by atoms with Gasteiger partial charge in [0.05, 0.1) is 18.8 Å². The Morgan fingerprint density at radius 2 is 0.584 bits per heavy atom. The molecule has 0 bridgehead atoms. The summed E-state index contributed by atoms with van der Waals surface area (Å²) >= 11 is 0. The number of aliphatic hydroxyl groups excluding tert-OH is 2. The summed E-state index contributed by atoms with van der Waals surface area (Å²) in [5.74, 6) is -0.0726. The molecule has 0 spiro atoms. The number of aliphatic hydroxyl groups is 2. The van der Waals surface area contributed by atoms with Crippen molar-refractivity contribution in [2.45, 2.75) is 366 Å². The molecule has 1 amide bonds. The average Bonchev–Trinajstić information content (AvgIpc) is 3.43. The van der Waals surface area contributed by atoms with E-state index in [4.69, 9.17) is 0 Å². The topological polar surface area (TPSA) is 69.6 Å². The lowest BCUT2D eigenvalue weighted by atomic mass is 10.0. The third kappa shape index (κ3) is 64.3. The number of carbonyl (C=O) groups is 1. The molecule has 2 unspecified atom stereocenters. The van der Waals surface area contributed by atoms with E-state index in [-0.39, 0.29) is 12.5 Å². The molecule has 0 radical (unpaired) electrons. The van der Waals surface area contributed by atoms with Crippen molar-refractivity contribution in [3.05, 3.63) is 85.1 Å². The fourth-order valence-electron chi connectivity index (χ4n) is 10.4. The van der Waals surface area contributed by atoms with Crippen LogP contribution in [-0.4, -0.2) is 34.9 Å². The molecule has 448 valence electrons. The quantitative estimate of drug-likeness (QED) is 0.0420. The highest BCUT2D eigenvalue weighted by molar-refractivity contribution is 5.76. The molecule has 0 rings (SSSR count). The maximum atomic E-state index is 12.5. The second kappa shape index (κ2) is 67.8. The van der Waals surface area contributed by atoms with E-state index in [0.29, 0.717) is 6.42 Å². The minimum Gasteiger partial charge on any atom is -0.394 e. The smallest absolute Gasteiger partial charge is 0.220 e. The Labute approximate surface area is 481 Å². The predicted octanol–water partition coefficient (Wildman–Crippen LogP) is 23.4. The van der Waals surface area contributed by atoms with Crippen LogP contribution in [0, 0.1) is 0 Å². The highest BCUT2D eigenvalue weighted by atomic mass is 16.3. The summed E-state index contributed by atoms with van der Waals surface area (Å²) in [4.78, 5) is 12.5. The van der Waals surface area contributed by atoms with Gasteiger partial charge in [-0.25, -0.2) is 0 Å². The van der Waals surface area contributed by atoms with Crippen molar-refractivity contribution >= 4 is 5.91 Å². The molecule has 0 saturated heterocycles. The van der Waals surface area contributed by atoms with Crippen LogP contribution >= 0.6 is 0 Å². The van der Waals surface area contributed by atoms with Crippen LogP contribution in [0.4, 0.5) is 0 Å². The van der Waals surface area contributed by atoms with Crippen LogP contribution in [0.2, 0.25) is 0 Å². The fourth-order valence-corrected chi connectivity index (χ4v) is 10.4. The predicted molar refractivity (Wildman–Crippen MR) is 345 cm³/mol. The Balaban J connectivity index is 3.45. The van der Waals surface area contributed by atoms with E-state index in [9.17, 15) is 15.0 Å². The Hall–Kier alpha value is -2.43. The van der Waals surface area contributed by atoms with Crippen molar-refractivity contribution in [3.8, 4) is 0 Å². The highest BCUT2D eigenvalue weighted by Crippen LogP contribution is 2.18. The van der Waals surface area contributed by atoms with Crippen LogP contribution in [0.15, 0.2) is 85.1 Å². The minimum atomic E-state index is -0.873. The van der Waals surface area contributed by atoms with E-state index in [1.54, 1.807) is 6.08 Å². The van der Waals surface area contributed by atoms with E-state index in [2.05, 4.69) is 92.1 Å². The summed E-state index contributed by atoms with van der Waals surface area (Å²) in [5.41, 5.74) is 0. The lowest BCUT2D eigenvalue weighted by molar-refractivity contribution is -0.123.